The Bertz CT molecular complexity index is 564. The van der Waals surface area contributed by atoms with E-state index in [1.54, 1.807) is 4.68 Å². The molecule has 0 fully saturated rings. The third-order valence-corrected chi connectivity index (χ3v) is 3.50. The van der Waals surface area contributed by atoms with Crippen LogP contribution >= 0.6 is 0 Å². The van der Waals surface area contributed by atoms with Gasteiger partial charge in [0.25, 0.3) is 0 Å². The summed E-state index contributed by atoms with van der Waals surface area (Å²) in [6, 6.07) is 9.92. The summed E-state index contributed by atoms with van der Waals surface area (Å²) < 4.78 is 1.79. The Morgan fingerprint density at radius 2 is 2.05 bits per heavy atom. The van der Waals surface area contributed by atoms with Gasteiger partial charge < -0.3 is 9.69 Å². The van der Waals surface area contributed by atoms with Crippen molar-refractivity contribution in [3.8, 4) is 0 Å². The maximum atomic E-state index is 11.6. The number of carbonyl (C=O) groups is 1. The predicted molar refractivity (Wildman–Crippen MR) is 79.4 cm³/mol. The number of benzene rings is 1. The van der Waals surface area contributed by atoms with Crippen LogP contribution < -0.4 is 0 Å². The smallest absolute Gasteiger partial charge is 0.131 e. The largest absolute Gasteiger partial charge is 0.302 e. The molecule has 4 heteroatoms. The first-order valence-corrected chi connectivity index (χ1v) is 6.71. The van der Waals surface area contributed by atoms with E-state index in [1.807, 2.05) is 63.7 Å². The van der Waals surface area contributed by atoms with Crippen LogP contribution in [0.3, 0.4) is 0 Å². The average Bonchev–Trinajstić information content (AvgIpc) is 2.84. The van der Waals surface area contributed by atoms with Gasteiger partial charge >= 0.3 is 0 Å². The standard InChI is InChI=1S/C16H21N3O/c1-16(13-20,15-7-5-4-6-8-15)12-18(2)10-14-9-17-19(3)11-14/h4-9,11,13H,10,12H2,1-3H3. The number of nitrogens with zero attached hydrogens (tertiary/aromatic N) is 3. The lowest BCUT2D eigenvalue weighted by Gasteiger charge is -2.29. The summed E-state index contributed by atoms with van der Waals surface area (Å²) in [6.07, 6.45) is 4.90. The van der Waals surface area contributed by atoms with Crippen LogP contribution in [-0.2, 0) is 23.8 Å². The molecule has 1 heterocycles. The first-order chi connectivity index (χ1) is 9.53. The quantitative estimate of drug-likeness (QED) is 0.754. The summed E-state index contributed by atoms with van der Waals surface area (Å²) in [5.41, 5.74) is 1.71. The fourth-order valence-electron chi connectivity index (χ4n) is 2.50. The first-order valence-electron chi connectivity index (χ1n) is 6.71. The molecule has 0 aliphatic heterocycles. The molecule has 0 spiro atoms. The van der Waals surface area contributed by atoms with Crippen LogP contribution in [0.25, 0.3) is 0 Å². The average molecular weight is 271 g/mol. The lowest BCUT2D eigenvalue weighted by molar-refractivity contribution is -0.112. The molecule has 0 aliphatic carbocycles. The molecule has 0 N–H and O–H groups in total. The Hall–Kier alpha value is -1.94. The number of carbonyl (C=O) groups excluding carboxylic acids is 1. The van der Waals surface area contributed by atoms with E-state index in [0.717, 1.165) is 24.0 Å². The van der Waals surface area contributed by atoms with Gasteiger partial charge in [-0.1, -0.05) is 30.3 Å². The van der Waals surface area contributed by atoms with Crippen molar-refractivity contribution in [2.75, 3.05) is 13.6 Å². The molecule has 1 aromatic carbocycles. The van der Waals surface area contributed by atoms with Gasteiger partial charge in [-0.15, -0.1) is 0 Å². The zero-order valence-corrected chi connectivity index (χ0v) is 12.3. The second-order valence-electron chi connectivity index (χ2n) is 5.60. The van der Waals surface area contributed by atoms with Crippen LogP contribution in [-0.4, -0.2) is 34.6 Å². The lowest BCUT2D eigenvalue weighted by atomic mass is 9.83. The van der Waals surface area contributed by atoms with Gasteiger partial charge in [-0.25, -0.2) is 0 Å². The number of aromatic nitrogens is 2. The van der Waals surface area contributed by atoms with Crippen molar-refractivity contribution in [2.45, 2.75) is 18.9 Å². The monoisotopic (exact) mass is 271 g/mol. The minimum atomic E-state index is -0.488. The van der Waals surface area contributed by atoms with Crippen molar-refractivity contribution in [2.24, 2.45) is 7.05 Å². The van der Waals surface area contributed by atoms with Crippen molar-refractivity contribution in [1.29, 1.82) is 0 Å². The fourth-order valence-corrected chi connectivity index (χ4v) is 2.50. The summed E-state index contributed by atoms with van der Waals surface area (Å²) in [5.74, 6) is 0. The maximum Gasteiger partial charge on any atom is 0.131 e. The van der Waals surface area contributed by atoms with E-state index < -0.39 is 5.41 Å². The number of aldehydes is 1. The molecular formula is C16H21N3O. The Labute approximate surface area is 120 Å². The minimum Gasteiger partial charge on any atom is -0.302 e. The van der Waals surface area contributed by atoms with Gasteiger partial charge in [0, 0.05) is 31.9 Å². The summed E-state index contributed by atoms with van der Waals surface area (Å²) in [5, 5.41) is 4.16. The number of likely N-dealkylation sites (N-methyl/N-ethyl adjacent to an activating group) is 1. The van der Waals surface area contributed by atoms with E-state index in [2.05, 4.69) is 10.00 Å². The highest BCUT2D eigenvalue weighted by atomic mass is 16.1. The van der Waals surface area contributed by atoms with E-state index >= 15 is 0 Å². The van der Waals surface area contributed by atoms with Crippen LogP contribution in [0.1, 0.15) is 18.1 Å². The van der Waals surface area contributed by atoms with Crippen molar-refractivity contribution in [3.63, 3.8) is 0 Å². The van der Waals surface area contributed by atoms with E-state index in [4.69, 9.17) is 0 Å². The van der Waals surface area contributed by atoms with Gasteiger partial charge in [-0.05, 0) is 19.5 Å². The molecule has 106 valence electrons. The van der Waals surface area contributed by atoms with Crippen LogP contribution in [0.4, 0.5) is 0 Å². The van der Waals surface area contributed by atoms with Crippen molar-refractivity contribution < 1.29 is 4.79 Å². The second-order valence-corrected chi connectivity index (χ2v) is 5.60. The van der Waals surface area contributed by atoms with Crippen molar-refractivity contribution >= 4 is 6.29 Å². The number of hydrogen-bond donors (Lipinski definition) is 0. The molecular weight excluding hydrogens is 250 g/mol. The van der Waals surface area contributed by atoms with E-state index in [1.165, 1.54) is 0 Å². The van der Waals surface area contributed by atoms with Gasteiger partial charge in [0.05, 0.1) is 11.6 Å². The van der Waals surface area contributed by atoms with Crippen LogP contribution in [0, 0.1) is 0 Å². The molecule has 0 saturated carbocycles. The molecule has 0 radical (unpaired) electrons. The molecule has 0 bridgehead atoms. The molecule has 0 aliphatic rings. The Morgan fingerprint density at radius 1 is 1.35 bits per heavy atom. The van der Waals surface area contributed by atoms with E-state index in [0.29, 0.717) is 6.54 Å². The Kier molecular flexibility index (Phi) is 4.35. The summed E-state index contributed by atoms with van der Waals surface area (Å²) >= 11 is 0. The van der Waals surface area contributed by atoms with Gasteiger partial charge in [0.2, 0.25) is 0 Å². The highest BCUT2D eigenvalue weighted by molar-refractivity contribution is 5.68. The van der Waals surface area contributed by atoms with Gasteiger partial charge in [-0.3, -0.25) is 4.68 Å². The summed E-state index contributed by atoms with van der Waals surface area (Å²) in [7, 11) is 3.93. The number of aryl methyl sites for hydroxylation is 1. The highest BCUT2D eigenvalue weighted by Crippen LogP contribution is 2.22. The molecule has 0 saturated heterocycles. The van der Waals surface area contributed by atoms with Crippen LogP contribution in [0.2, 0.25) is 0 Å². The van der Waals surface area contributed by atoms with E-state index in [-0.39, 0.29) is 0 Å². The van der Waals surface area contributed by atoms with Gasteiger partial charge in [0.1, 0.15) is 6.29 Å². The minimum absolute atomic E-state index is 0.488. The Morgan fingerprint density at radius 3 is 2.60 bits per heavy atom. The zero-order valence-electron chi connectivity index (χ0n) is 12.3. The second kappa shape index (κ2) is 6.01. The normalized spacial score (nSPS) is 14.2. The molecule has 2 aromatic rings. The summed E-state index contributed by atoms with van der Waals surface area (Å²) in [4.78, 5) is 13.7. The molecule has 4 nitrogen and oxygen atoms in total. The van der Waals surface area contributed by atoms with Crippen LogP contribution in [0.5, 0.6) is 0 Å². The topological polar surface area (TPSA) is 38.1 Å². The maximum absolute atomic E-state index is 11.6. The Balaban J connectivity index is 2.08. The van der Waals surface area contributed by atoms with E-state index in [9.17, 15) is 4.79 Å². The molecule has 2 rings (SSSR count). The molecule has 1 atom stereocenters. The summed E-state index contributed by atoms with van der Waals surface area (Å²) in [6.45, 7) is 3.44. The van der Waals surface area contributed by atoms with Crippen molar-refractivity contribution in [3.05, 3.63) is 53.9 Å². The third-order valence-electron chi connectivity index (χ3n) is 3.50. The highest BCUT2D eigenvalue weighted by Gasteiger charge is 2.27. The molecule has 0 amide bonds. The fraction of sp³-hybridized carbons (Fsp3) is 0.375. The van der Waals surface area contributed by atoms with Crippen molar-refractivity contribution in [1.82, 2.24) is 14.7 Å². The third kappa shape index (κ3) is 3.33. The SMILES string of the molecule is CN(Cc1cnn(C)c1)CC(C)(C=O)c1ccccc1. The molecule has 20 heavy (non-hydrogen) atoms. The lowest BCUT2D eigenvalue weighted by Crippen LogP contribution is -2.37. The molecule has 1 unspecified atom stereocenters. The predicted octanol–water partition coefficient (Wildman–Crippen LogP) is 2.01. The number of hydrogen-bond acceptors (Lipinski definition) is 3. The van der Waals surface area contributed by atoms with Gasteiger partial charge in [-0.2, -0.15) is 5.10 Å². The first kappa shape index (κ1) is 14.5. The van der Waals surface area contributed by atoms with Gasteiger partial charge in [0.15, 0.2) is 0 Å². The number of rotatable bonds is 6. The zero-order chi connectivity index (χ0) is 14.6. The molecule has 1 aromatic heterocycles. The van der Waals surface area contributed by atoms with Crippen LogP contribution in [0.15, 0.2) is 42.7 Å².